The van der Waals surface area contributed by atoms with Gasteiger partial charge in [0.1, 0.15) is 10.8 Å². The predicted molar refractivity (Wildman–Crippen MR) is 70.8 cm³/mol. The van der Waals surface area contributed by atoms with E-state index in [9.17, 15) is 22.4 Å². The quantitative estimate of drug-likeness (QED) is 0.876. The minimum absolute atomic E-state index is 0.00731. The fraction of sp³-hybridized carbons (Fsp3) is 0.231. The number of amides is 1. The van der Waals surface area contributed by atoms with Crippen molar-refractivity contribution < 1.29 is 22.4 Å². The lowest BCUT2D eigenvalue weighted by Crippen LogP contribution is -2.23. The summed E-state index contributed by atoms with van der Waals surface area (Å²) in [6.07, 6.45) is -4.71. The van der Waals surface area contributed by atoms with Gasteiger partial charge >= 0.3 is 6.18 Å². The molecule has 0 aliphatic heterocycles. The van der Waals surface area contributed by atoms with E-state index in [1.807, 2.05) is 0 Å². The van der Waals surface area contributed by atoms with Gasteiger partial charge in [0.05, 0.1) is 0 Å². The van der Waals surface area contributed by atoms with Crippen molar-refractivity contribution in [3.63, 3.8) is 0 Å². The summed E-state index contributed by atoms with van der Waals surface area (Å²) in [5, 5.41) is 5.12. The Bertz CT molecular complexity index is 695. The van der Waals surface area contributed by atoms with Crippen molar-refractivity contribution in [3.8, 4) is 0 Å². The minimum atomic E-state index is -4.71. The maximum atomic E-state index is 12.8. The number of aromatic nitrogens is 2. The second kappa shape index (κ2) is 5.96. The van der Waals surface area contributed by atoms with E-state index in [0.29, 0.717) is 10.2 Å². The van der Waals surface area contributed by atoms with Gasteiger partial charge in [-0.2, -0.15) is 18.3 Å². The standard InChI is InChI=1S/C13H10ClF4N3O/c1-21-11(13(16,17)18)9(14)10(20-21)12(22)19-6-7-2-4-8(15)5-3-7/h2-5H,6H2,1H3,(H,19,22). The third-order valence-electron chi connectivity index (χ3n) is 2.84. The zero-order valence-electron chi connectivity index (χ0n) is 11.2. The third-order valence-corrected chi connectivity index (χ3v) is 3.20. The fourth-order valence-electron chi connectivity index (χ4n) is 1.82. The molecular formula is C13H10ClF4N3O. The second-order valence-electron chi connectivity index (χ2n) is 4.44. The summed E-state index contributed by atoms with van der Waals surface area (Å²) < 4.78 is 51.5. The number of nitrogens with zero attached hydrogens (tertiary/aromatic N) is 2. The van der Waals surface area contributed by atoms with Gasteiger partial charge < -0.3 is 5.32 Å². The number of hydrogen-bond acceptors (Lipinski definition) is 2. The molecule has 0 aliphatic rings. The lowest BCUT2D eigenvalue weighted by Gasteiger charge is -2.06. The molecule has 1 aromatic carbocycles. The molecule has 0 fully saturated rings. The van der Waals surface area contributed by atoms with Crippen LogP contribution in [0.15, 0.2) is 24.3 Å². The SMILES string of the molecule is Cn1nc(C(=O)NCc2ccc(F)cc2)c(Cl)c1C(F)(F)F. The van der Waals surface area contributed by atoms with Gasteiger partial charge in [-0.15, -0.1) is 0 Å². The normalized spacial score (nSPS) is 11.5. The number of alkyl halides is 3. The van der Waals surface area contributed by atoms with E-state index >= 15 is 0 Å². The van der Waals surface area contributed by atoms with E-state index in [-0.39, 0.29) is 6.54 Å². The molecule has 4 nitrogen and oxygen atoms in total. The molecule has 2 rings (SSSR count). The third kappa shape index (κ3) is 3.38. The molecule has 0 saturated heterocycles. The highest BCUT2D eigenvalue weighted by molar-refractivity contribution is 6.34. The number of carbonyl (C=O) groups excluding carboxylic acids is 1. The van der Waals surface area contributed by atoms with Crippen LogP contribution in [0.4, 0.5) is 17.6 Å². The molecule has 1 amide bonds. The van der Waals surface area contributed by atoms with Crippen LogP contribution in [0.2, 0.25) is 5.02 Å². The van der Waals surface area contributed by atoms with Crippen molar-refractivity contribution in [2.75, 3.05) is 0 Å². The van der Waals surface area contributed by atoms with Crippen molar-refractivity contribution in [2.45, 2.75) is 12.7 Å². The van der Waals surface area contributed by atoms with E-state index in [1.54, 1.807) is 0 Å². The first-order chi connectivity index (χ1) is 10.2. The highest BCUT2D eigenvalue weighted by Crippen LogP contribution is 2.35. The van der Waals surface area contributed by atoms with E-state index in [0.717, 1.165) is 7.05 Å². The maximum absolute atomic E-state index is 12.8. The van der Waals surface area contributed by atoms with Crippen LogP contribution in [0.25, 0.3) is 0 Å². The first-order valence-corrected chi connectivity index (χ1v) is 6.40. The Balaban J connectivity index is 2.15. The zero-order valence-corrected chi connectivity index (χ0v) is 12.0. The molecule has 118 valence electrons. The first kappa shape index (κ1) is 16.3. The molecule has 0 unspecified atom stereocenters. The average Bonchev–Trinajstić information content (AvgIpc) is 2.72. The fourth-order valence-corrected chi connectivity index (χ4v) is 2.17. The van der Waals surface area contributed by atoms with Crippen molar-refractivity contribution in [1.29, 1.82) is 0 Å². The molecular weight excluding hydrogens is 326 g/mol. The molecule has 2 aromatic rings. The van der Waals surface area contributed by atoms with Gasteiger partial charge in [0.25, 0.3) is 5.91 Å². The number of carbonyl (C=O) groups is 1. The minimum Gasteiger partial charge on any atom is -0.347 e. The van der Waals surface area contributed by atoms with Crippen molar-refractivity contribution in [1.82, 2.24) is 15.1 Å². The highest BCUT2D eigenvalue weighted by Gasteiger charge is 2.39. The zero-order chi connectivity index (χ0) is 16.5. The Morgan fingerprint density at radius 2 is 1.91 bits per heavy atom. The molecule has 0 atom stereocenters. The monoisotopic (exact) mass is 335 g/mol. The van der Waals surface area contributed by atoms with Crippen LogP contribution in [0.5, 0.6) is 0 Å². The summed E-state index contributed by atoms with van der Waals surface area (Å²) >= 11 is 5.60. The molecule has 0 bridgehead atoms. The van der Waals surface area contributed by atoms with E-state index < -0.39 is 34.3 Å². The van der Waals surface area contributed by atoms with Crippen LogP contribution in [-0.2, 0) is 19.8 Å². The summed E-state index contributed by atoms with van der Waals surface area (Å²) in [6.45, 7) is 0.00731. The largest absolute Gasteiger partial charge is 0.434 e. The number of nitrogens with one attached hydrogen (secondary N) is 1. The van der Waals surface area contributed by atoms with E-state index in [1.165, 1.54) is 24.3 Å². The van der Waals surface area contributed by atoms with Gasteiger partial charge in [0.2, 0.25) is 0 Å². The van der Waals surface area contributed by atoms with Crippen LogP contribution in [0, 0.1) is 5.82 Å². The average molecular weight is 336 g/mol. The Morgan fingerprint density at radius 3 is 2.41 bits per heavy atom. The van der Waals surface area contributed by atoms with Crippen molar-refractivity contribution in [2.24, 2.45) is 7.05 Å². The summed E-state index contributed by atoms with van der Waals surface area (Å²) in [4.78, 5) is 11.9. The smallest absolute Gasteiger partial charge is 0.347 e. The van der Waals surface area contributed by atoms with Gasteiger partial charge in [0.15, 0.2) is 11.4 Å². The number of hydrogen-bond donors (Lipinski definition) is 1. The van der Waals surface area contributed by atoms with Crippen LogP contribution in [0.3, 0.4) is 0 Å². The number of halogens is 5. The molecule has 9 heteroatoms. The molecule has 1 heterocycles. The Kier molecular flexibility index (Phi) is 4.41. The van der Waals surface area contributed by atoms with Crippen LogP contribution < -0.4 is 5.32 Å². The van der Waals surface area contributed by atoms with Gasteiger partial charge in [0, 0.05) is 13.6 Å². The molecule has 1 aromatic heterocycles. The summed E-state index contributed by atoms with van der Waals surface area (Å²) in [5.74, 6) is -1.28. The lowest BCUT2D eigenvalue weighted by atomic mass is 10.2. The van der Waals surface area contributed by atoms with Gasteiger partial charge in [-0.25, -0.2) is 4.39 Å². The van der Waals surface area contributed by atoms with Gasteiger partial charge in [-0.1, -0.05) is 23.7 Å². The molecule has 0 radical (unpaired) electrons. The summed E-state index contributed by atoms with van der Waals surface area (Å²) in [5.41, 5.74) is -1.13. The first-order valence-electron chi connectivity index (χ1n) is 6.02. The molecule has 1 N–H and O–H groups in total. The Morgan fingerprint density at radius 1 is 1.32 bits per heavy atom. The lowest BCUT2D eigenvalue weighted by molar-refractivity contribution is -0.143. The van der Waals surface area contributed by atoms with Crippen molar-refractivity contribution >= 4 is 17.5 Å². The summed E-state index contributed by atoms with van der Waals surface area (Å²) in [6, 6.07) is 5.29. The van der Waals surface area contributed by atoms with Crippen LogP contribution in [0.1, 0.15) is 21.7 Å². The van der Waals surface area contributed by atoms with E-state index in [2.05, 4.69) is 10.4 Å². The van der Waals surface area contributed by atoms with Gasteiger partial charge in [-0.05, 0) is 17.7 Å². The second-order valence-corrected chi connectivity index (χ2v) is 4.82. The van der Waals surface area contributed by atoms with E-state index in [4.69, 9.17) is 11.6 Å². The number of benzene rings is 1. The van der Waals surface area contributed by atoms with Crippen LogP contribution >= 0.6 is 11.6 Å². The molecule has 22 heavy (non-hydrogen) atoms. The maximum Gasteiger partial charge on any atom is 0.434 e. The predicted octanol–water partition coefficient (Wildman–Crippen LogP) is 3.16. The molecule has 0 aliphatic carbocycles. The molecule has 0 saturated carbocycles. The topological polar surface area (TPSA) is 46.9 Å². The highest BCUT2D eigenvalue weighted by atomic mass is 35.5. The number of aryl methyl sites for hydroxylation is 1. The molecule has 0 spiro atoms. The summed E-state index contributed by atoms with van der Waals surface area (Å²) in [7, 11) is 1.05. The number of rotatable bonds is 3. The van der Waals surface area contributed by atoms with Crippen LogP contribution in [-0.4, -0.2) is 15.7 Å². The Hall–Kier alpha value is -2.09. The van der Waals surface area contributed by atoms with Gasteiger partial charge in [-0.3, -0.25) is 9.48 Å². The Labute approximate surface area is 127 Å². The van der Waals surface area contributed by atoms with Crippen molar-refractivity contribution in [3.05, 3.63) is 52.1 Å².